The molecular weight excluding hydrogens is 306 g/mol. The average Bonchev–Trinajstić information content (AvgIpc) is 3.19. The minimum atomic E-state index is 0.0838. The minimum absolute atomic E-state index is 0.0838. The van der Waals surface area contributed by atoms with E-state index in [-0.39, 0.29) is 5.91 Å². The first-order valence-corrected chi connectivity index (χ1v) is 7.46. The molecule has 1 saturated carbocycles. The molecule has 0 aliphatic heterocycles. The number of hydrogen-bond acceptors (Lipinski definition) is 2. The number of carbonyl (C=O) groups excluding carboxylic acids is 1. The van der Waals surface area contributed by atoms with Crippen molar-refractivity contribution in [3.8, 4) is 5.75 Å². The molecule has 3 nitrogen and oxygen atoms in total. The normalized spacial score (nSPS) is 14.6. The zero-order valence-electron chi connectivity index (χ0n) is 11.6. The van der Waals surface area contributed by atoms with E-state index in [1.54, 1.807) is 7.11 Å². The van der Waals surface area contributed by atoms with Crippen molar-refractivity contribution >= 4 is 21.8 Å². The molecule has 1 aliphatic carbocycles. The fraction of sp³-hybridized carbons (Fsp3) is 0.533. The number of methoxy groups -OCH3 is 1. The molecule has 1 aromatic rings. The second-order valence-corrected chi connectivity index (χ2v) is 6.34. The van der Waals surface area contributed by atoms with Crippen LogP contribution in [0.2, 0.25) is 0 Å². The van der Waals surface area contributed by atoms with E-state index in [2.05, 4.69) is 29.8 Å². The Kier molecular flexibility index (Phi) is 4.50. The summed E-state index contributed by atoms with van der Waals surface area (Å²) < 4.78 is 6.24. The van der Waals surface area contributed by atoms with Gasteiger partial charge in [-0.3, -0.25) is 4.79 Å². The number of halogens is 1. The maximum atomic E-state index is 12.7. The molecule has 0 unspecified atom stereocenters. The number of ether oxygens (including phenoxy) is 1. The molecule has 0 bridgehead atoms. The Morgan fingerprint density at radius 1 is 1.47 bits per heavy atom. The average molecular weight is 326 g/mol. The summed E-state index contributed by atoms with van der Waals surface area (Å²) in [6.45, 7) is 5.09. The molecule has 1 aliphatic rings. The molecule has 2 rings (SSSR count). The van der Waals surface area contributed by atoms with Gasteiger partial charge in [-0.25, -0.2) is 0 Å². The van der Waals surface area contributed by atoms with E-state index in [1.807, 2.05) is 23.1 Å². The molecule has 0 radical (unpaired) electrons. The van der Waals surface area contributed by atoms with Gasteiger partial charge in [-0.2, -0.15) is 0 Å². The monoisotopic (exact) mass is 325 g/mol. The van der Waals surface area contributed by atoms with Gasteiger partial charge < -0.3 is 9.64 Å². The first-order valence-electron chi connectivity index (χ1n) is 6.67. The number of nitrogens with zero attached hydrogens (tertiary/aromatic N) is 1. The summed E-state index contributed by atoms with van der Waals surface area (Å²) in [6.07, 6.45) is 2.24. The topological polar surface area (TPSA) is 29.5 Å². The van der Waals surface area contributed by atoms with Crippen LogP contribution >= 0.6 is 15.9 Å². The molecule has 0 N–H and O–H groups in total. The summed E-state index contributed by atoms with van der Waals surface area (Å²) in [4.78, 5) is 14.7. The molecule has 1 amide bonds. The van der Waals surface area contributed by atoms with Gasteiger partial charge in [0.15, 0.2) is 0 Å². The van der Waals surface area contributed by atoms with Gasteiger partial charge in [-0.15, -0.1) is 0 Å². The zero-order chi connectivity index (χ0) is 14.0. The lowest BCUT2D eigenvalue weighted by Gasteiger charge is -2.25. The molecule has 104 valence electrons. The highest BCUT2D eigenvalue weighted by Gasteiger charge is 2.34. The van der Waals surface area contributed by atoms with Gasteiger partial charge in [-0.1, -0.05) is 29.8 Å². The van der Waals surface area contributed by atoms with Crippen molar-refractivity contribution in [2.75, 3.05) is 13.7 Å². The van der Waals surface area contributed by atoms with E-state index in [0.717, 1.165) is 23.9 Å². The van der Waals surface area contributed by atoms with Crippen LogP contribution in [0.15, 0.2) is 22.7 Å². The van der Waals surface area contributed by atoms with E-state index in [1.165, 1.54) is 0 Å². The Bertz CT molecular complexity index is 469. The van der Waals surface area contributed by atoms with Crippen LogP contribution in [0.3, 0.4) is 0 Å². The molecule has 1 aromatic carbocycles. The standard InChI is InChI=1S/C15H20BrNO2/c1-10(2)9-17(12-5-6-12)15(18)13-7-4-11(16)8-14(13)19-3/h4,7-8,10,12H,5-6,9H2,1-3H3. The van der Waals surface area contributed by atoms with E-state index >= 15 is 0 Å². The van der Waals surface area contributed by atoms with Crippen LogP contribution in [0.1, 0.15) is 37.0 Å². The molecule has 0 heterocycles. The largest absolute Gasteiger partial charge is 0.496 e. The van der Waals surface area contributed by atoms with Gasteiger partial charge in [-0.05, 0) is 37.0 Å². The second-order valence-electron chi connectivity index (χ2n) is 5.43. The van der Waals surface area contributed by atoms with Gasteiger partial charge in [0.05, 0.1) is 12.7 Å². The summed E-state index contributed by atoms with van der Waals surface area (Å²) in [5, 5.41) is 0. The van der Waals surface area contributed by atoms with Gasteiger partial charge in [0.1, 0.15) is 5.75 Å². The Morgan fingerprint density at radius 3 is 2.68 bits per heavy atom. The number of rotatable bonds is 5. The third kappa shape index (κ3) is 3.50. The molecule has 4 heteroatoms. The highest BCUT2D eigenvalue weighted by molar-refractivity contribution is 9.10. The third-order valence-corrected chi connectivity index (χ3v) is 3.70. The quantitative estimate of drug-likeness (QED) is 0.825. The van der Waals surface area contributed by atoms with Crippen LogP contribution in [-0.2, 0) is 0 Å². The molecular formula is C15H20BrNO2. The van der Waals surface area contributed by atoms with Crippen LogP contribution in [0.4, 0.5) is 0 Å². The Balaban J connectivity index is 2.25. The van der Waals surface area contributed by atoms with Crippen molar-refractivity contribution in [2.24, 2.45) is 5.92 Å². The van der Waals surface area contributed by atoms with Crippen molar-refractivity contribution in [2.45, 2.75) is 32.7 Å². The van der Waals surface area contributed by atoms with Crippen molar-refractivity contribution in [3.05, 3.63) is 28.2 Å². The summed E-state index contributed by atoms with van der Waals surface area (Å²) in [7, 11) is 1.60. The first-order chi connectivity index (χ1) is 9.02. The van der Waals surface area contributed by atoms with Gasteiger partial charge >= 0.3 is 0 Å². The van der Waals surface area contributed by atoms with E-state index in [0.29, 0.717) is 23.3 Å². The SMILES string of the molecule is COc1cc(Br)ccc1C(=O)N(CC(C)C)C1CC1. The van der Waals surface area contributed by atoms with E-state index in [9.17, 15) is 4.79 Å². The predicted molar refractivity (Wildman–Crippen MR) is 79.6 cm³/mol. The van der Waals surface area contributed by atoms with Crippen molar-refractivity contribution in [1.29, 1.82) is 0 Å². The lowest BCUT2D eigenvalue weighted by Crippen LogP contribution is -2.36. The molecule has 0 aromatic heterocycles. The van der Waals surface area contributed by atoms with Crippen molar-refractivity contribution < 1.29 is 9.53 Å². The summed E-state index contributed by atoms with van der Waals surface area (Å²) in [5.74, 6) is 1.19. The first kappa shape index (κ1) is 14.4. The van der Waals surface area contributed by atoms with Crippen LogP contribution < -0.4 is 4.74 Å². The number of carbonyl (C=O) groups is 1. The van der Waals surface area contributed by atoms with Crippen LogP contribution in [0.25, 0.3) is 0 Å². The molecule has 0 saturated heterocycles. The van der Waals surface area contributed by atoms with E-state index in [4.69, 9.17) is 4.74 Å². The van der Waals surface area contributed by atoms with Crippen LogP contribution in [-0.4, -0.2) is 30.5 Å². The summed E-state index contributed by atoms with van der Waals surface area (Å²) >= 11 is 3.40. The van der Waals surface area contributed by atoms with Crippen LogP contribution in [0, 0.1) is 5.92 Å². The number of amides is 1. The van der Waals surface area contributed by atoms with Crippen molar-refractivity contribution in [3.63, 3.8) is 0 Å². The van der Waals surface area contributed by atoms with Gasteiger partial charge in [0.2, 0.25) is 0 Å². The highest BCUT2D eigenvalue weighted by Crippen LogP contribution is 2.32. The minimum Gasteiger partial charge on any atom is -0.496 e. The van der Waals surface area contributed by atoms with Crippen LogP contribution in [0.5, 0.6) is 5.75 Å². The fourth-order valence-electron chi connectivity index (χ4n) is 2.17. The predicted octanol–water partition coefficient (Wildman–Crippen LogP) is 3.72. The van der Waals surface area contributed by atoms with Gasteiger partial charge in [0, 0.05) is 17.1 Å². The third-order valence-electron chi connectivity index (χ3n) is 3.20. The Labute approximate surface area is 123 Å². The second kappa shape index (κ2) is 5.95. The van der Waals surface area contributed by atoms with E-state index < -0.39 is 0 Å². The fourth-order valence-corrected chi connectivity index (χ4v) is 2.51. The summed E-state index contributed by atoms with van der Waals surface area (Å²) in [5.41, 5.74) is 0.651. The zero-order valence-corrected chi connectivity index (χ0v) is 13.2. The van der Waals surface area contributed by atoms with Crippen molar-refractivity contribution in [1.82, 2.24) is 4.90 Å². The molecule has 19 heavy (non-hydrogen) atoms. The maximum absolute atomic E-state index is 12.7. The van der Waals surface area contributed by atoms with Gasteiger partial charge in [0.25, 0.3) is 5.91 Å². The maximum Gasteiger partial charge on any atom is 0.257 e. The number of hydrogen-bond donors (Lipinski definition) is 0. The smallest absolute Gasteiger partial charge is 0.257 e. The molecule has 1 fully saturated rings. The lowest BCUT2D eigenvalue weighted by molar-refractivity contribution is 0.0719. The summed E-state index contributed by atoms with van der Waals surface area (Å²) in [6, 6.07) is 5.98. The Hall–Kier alpha value is -1.03. The molecule has 0 spiro atoms. The highest BCUT2D eigenvalue weighted by atomic mass is 79.9. The molecule has 0 atom stereocenters. The number of benzene rings is 1. The Morgan fingerprint density at radius 2 is 2.16 bits per heavy atom. The lowest BCUT2D eigenvalue weighted by atomic mass is 10.1.